The Morgan fingerprint density at radius 3 is 2.58 bits per heavy atom. The highest BCUT2D eigenvalue weighted by atomic mass is 16.2. The highest BCUT2D eigenvalue weighted by molar-refractivity contribution is 5.76. The minimum absolute atomic E-state index is 0.0487. The lowest BCUT2D eigenvalue weighted by Crippen LogP contribution is -2.49. The number of carbonyl (C=O) groups is 1. The molecule has 0 radical (unpaired) electrons. The van der Waals surface area contributed by atoms with Crippen LogP contribution in [-0.2, 0) is 11.3 Å². The van der Waals surface area contributed by atoms with E-state index in [9.17, 15) is 4.79 Å². The second-order valence-electron chi connectivity index (χ2n) is 6.04. The van der Waals surface area contributed by atoms with E-state index < -0.39 is 0 Å². The molecule has 3 aromatic rings. The van der Waals surface area contributed by atoms with Gasteiger partial charge in [-0.2, -0.15) is 5.10 Å². The highest BCUT2D eigenvalue weighted by Gasteiger charge is 2.22. The first-order valence-electron chi connectivity index (χ1n) is 8.38. The van der Waals surface area contributed by atoms with Gasteiger partial charge in [-0.25, -0.2) is 24.6 Å². The van der Waals surface area contributed by atoms with Crippen molar-refractivity contribution < 1.29 is 4.79 Å². The summed E-state index contributed by atoms with van der Waals surface area (Å²) in [6.45, 7) is 4.90. The van der Waals surface area contributed by atoms with Crippen LogP contribution in [0.5, 0.6) is 0 Å². The summed E-state index contributed by atoms with van der Waals surface area (Å²) in [4.78, 5) is 33.2. The molecule has 1 aliphatic rings. The van der Waals surface area contributed by atoms with Crippen molar-refractivity contribution in [1.82, 2.24) is 39.2 Å². The summed E-state index contributed by atoms with van der Waals surface area (Å²) in [6.07, 6.45) is 8.17. The van der Waals surface area contributed by atoms with Gasteiger partial charge in [0.2, 0.25) is 5.91 Å². The van der Waals surface area contributed by atoms with Crippen LogP contribution in [0.15, 0.2) is 37.4 Å². The van der Waals surface area contributed by atoms with Crippen LogP contribution in [-0.4, -0.2) is 71.3 Å². The molecule has 0 aliphatic carbocycles. The number of imidazole rings is 1. The normalized spacial score (nSPS) is 14.7. The van der Waals surface area contributed by atoms with Crippen molar-refractivity contribution in [3.63, 3.8) is 0 Å². The summed E-state index contributed by atoms with van der Waals surface area (Å²) < 4.78 is 3.46. The van der Waals surface area contributed by atoms with E-state index in [1.807, 2.05) is 28.7 Å². The molecule has 1 saturated heterocycles. The van der Waals surface area contributed by atoms with Crippen LogP contribution >= 0.6 is 0 Å². The van der Waals surface area contributed by atoms with Crippen molar-refractivity contribution in [2.24, 2.45) is 0 Å². The molecule has 1 amide bonds. The number of aryl methyl sites for hydroxylation is 1. The second-order valence-corrected chi connectivity index (χ2v) is 6.04. The number of hydrogen-bond acceptors (Lipinski definition) is 7. The van der Waals surface area contributed by atoms with E-state index in [2.05, 4.69) is 29.9 Å². The molecule has 1 aliphatic heterocycles. The summed E-state index contributed by atoms with van der Waals surface area (Å²) in [6, 6.07) is 1.95. The van der Waals surface area contributed by atoms with Crippen LogP contribution in [0, 0.1) is 6.92 Å². The number of piperazine rings is 1. The topological polar surface area (TPSA) is 97.9 Å². The molecule has 10 nitrogen and oxygen atoms in total. The maximum atomic E-state index is 12.3. The first kappa shape index (κ1) is 16.2. The fourth-order valence-corrected chi connectivity index (χ4v) is 3.00. The fourth-order valence-electron chi connectivity index (χ4n) is 3.00. The molecule has 0 spiro atoms. The zero-order valence-electron chi connectivity index (χ0n) is 14.4. The summed E-state index contributed by atoms with van der Waals surface area (Å²) in [5.74, 6) is 2.56. The van der Waals surface area contributed by atoms with Gasteiger partial charge in [-0.05, 0) is 6.92 Å². The first-order valence-corrected chi connectivity index (χ1v) is 8.38. The van der Waals surface area contributed by atoms with Gasteiger partial charge in [0.25, 0.3) is 0 Å². The molecule has 4 rings (SSSR count). The van der Waals surface area contributed by atoms with Crippen LogP contribution < -0.4 is 4.90 Å². The van der Waals surface area contributed by atoms with Crippen molar-refractivity contribution in [3.05, 3.63) is 43.3 Å². The van der Waals surface area contributed by atoms with Crippen molar-refractivity contribution in [3.8, 4) is 5.82 Å². The second kappa shape index (κ2) is 6.90. The van der Waals surface area contributed by atoms with E-state index in [0.717, 1.165) is 30.5 Å². The van der Waals surface area contributed by atoms with Crippen molar-refractivity contribution in [2.75, 3.05) is 31.1 Å². The Kier molecular flexibility index (Phi) is 4.30. The molecular weight excluding hydrogens is 334 g/mol. The molecule has 134 valence electrons. The predicted molar refractivity (Wildman–Crippen MR) is 92.7 cm³/mol. The standard InChI is InChI=1S/C16H19N9O/c1-13-18-2-3-25(13)15-8-14(19-11-20-15)22-4-6-23(7-5-22)16(26)9-24-12-17-10-21-24/h2-3,8,10-12H,4-7,9H2,1H3. The molecule has 0 unspecified atom stereocenters. The first-order chi connectivity index (χ1) is 12.7. The van der Waals surface area contributed by atoms with E-state index in [0.29, 0.717) is 13.1 Å². The summed E-state index contributed by atoms with van der Waals surface area (Å²) >= 11 is 0. The number of hydrogen-bond donors (Lipinski definition) is 0. The molecule has 0 aromatic carbocycles. The maximum Gasteiger partial charge on any atom is 0.244 e. The minimum Gasteiger partial charge on any atom is -0.353 e. The van der Waals surface area contributed by atoms with E-state index in [-0.39, 0.29) is 12.5 Å². The smallest absolute Gasteiger partial charge is 0.244 e. The monoisotopic (exact) mass is 353 g/mol. The lowest BCUT2D eigenvalue weighted by molar-refractivity contribution is -0.132. The Morgan fingerprint density at radius 2 is 1.88 bits per heavy atom. The van der Waals surface area contributed by atoms with Gasteiger partial charge in [0, 0.05) is 44.6 Å². The molecule has 1 fully saturated rings. The largest absolute Gasteiger partial charge is 0.353 e. The number of anilines is 1. The van der Waals surface area contributed by atoms with Gasteiger partial charge < -0.3 is 9.80 Å². The van der Waals surface area contributed by atoms with Gasteiger partial charge in [0.05, 0.1) is 0 Å². The third-order valence-electron chi connectivity index (χ3n) is 4.43. The highest BCUT2D eigenvalue weighted by Crippen LogP contribution is 2.17. The quantitative estimate of drug-likeness (QED) is 0.646. The van der Waals surface area contributed by atoms with E-state index in [1.54, 1.807) is 23.5 Å². The number of carbonyl (C=O) groups excluding carboxylic acids is 1. The minimum atomic E-state index is 0.0487. The predicted octanol–water partition coefficient (Wildman–Crippen LogP) is -0.0890. The van der Waals surface area contributed by atoms with Crippen molar-refractivity contribution >= 4 is 11.7 Å². The molecule has 3 aromatic heterocycles. The van der Waals surface area contributed by atoms with Gasteiger partial charge in [-0.1, -0.05) is 0 Å². The molecule has 10 heteroatoms. The van der Waals surface area contributed by atoms with Gasteiger partial charge in [0.15, 0.2) is 0 Å². The maximum absolute atomic E-state index is 12.3. The third-order valence-corrected chi connectivity index (χ3v) is 4.43. The lowest BCUT2D eigenvalue weighted by Gasteiger charge is -2.35. The van der Waals surface area contributed by atoms with Gasteiger partial charge in [-0.3, -0.25) is 9.36 Å². The van der Waals surface area contributed by atoms with Crippen LogP contribution in [0.4, 0.5) is 5.82 Å². The Morgan fingerprint density at radius 1 is 1.08 bits per heavy atom. The van der Waals surface area contributed by atoms with Gasteiger partial charge in [-0.15, -0.1) is 0 Å². The number of nitrogens with zero attached hydrogens (tertiary/aromatic N) is 9. The summed E-state index contributed by atoms with van der Waals surface area (Å²) in [7, 11) is 0. The van der Waals surface area contributed by atoms with Crippen LogP contribution in [0.3, 0.4) is 0 Å². The van der Waals surface area contributed by atoms with Gasteiger partial charge >= 0.3 is 0 Å². The molecule has 4 heterocycles. The Hall–Kier alpha value is -3.30. The number of aromatic nitrogens is 7. The molecule has 26 heavy (non-hydrogen) atoms. The Labute approximate surface area is 150 Å². The SMILES string of the molecule is Cc1nccn1-c1cc(N2CCN(C(=O)Cn3cncn3)CC2)ncn1. The van der Waals surface area contributed by atoms with Crippen molar-refractivity contribution in [2.45, 2.75) is 13.5 Å². The molecule has 0 saturated carbocycles. The number of rotatable bonds is 4. The average Bonchev–Trinajstić information content (AvgIpc) is 3.33. The average molecular weight is 353 g/mol. The summed E-state index contributed by atoms with van der Waals surface area (Å²) in [5, 5.41) is 3.98. The zero-order chi connectivity index (χ0) is 17.9. The van der Waals surface area contributed by atoms with E-state index in [4.69, 9.17) is 0 Å². The molecule has 0 atom stereocenters. The Bertz CT molecular complexity index is 881. The third kappa shape index (κ3) is 3.25. The molecular formula is C16H19N9O. The fraction of sp³-hybridized carbons (Fsp3) is 0.375. The van der Waals surface area contributed by atoms with Crippen LogP contribution in [0.25, 0.3) is 5.82 Å². The molecule has 0 N–H and O–H groups in total. The lowest BCUT2D eigenvalue weighted by atomic mass is 10.3. The number of amides is 1. The van der Waals surface area contributed by atoms with E-state index >= 15 is 0 Å². The van der Waals surface area contributed by atoms with Crippen molar-refractivity contribution in [1.29, 1.82) is 0 Å². The Balaban J connectivity index is 1.40. The zero-order valence-corrected chi connectivity index (χ0v) is 14.4. The van der Waals surface area contributed by atoms with Crippen LogP contribution in [0.2, 0.25) is 0 Å². The van der Waals surface area contributed by atoms with Crippen LogP contribution in [0.1, 0.15) is 5.82 Å². The molecule has 0 bridgehead atoms. The summed E-state index contributed by atoms with van der Waals surface area (Å²) in [5.41, 5.74) is 0. The van der Waals surface area contributed by atoms with Gasteiger partial charge in [0.1, 0.15) is 43.0 Å². The van der Waals surface area contributed by atoms with E-state index in [1.165, 1.54) is 6.33 Å².